The van der Waals surface area contributed by atoms with Crippen LogP contribution in [0.2, 0.25) is 0 Å². The van der Waals surface area contributed by atoms with Crippen LogP contribution in [0.5, 0.6) is 5.75 Å². The number of amides is 3. The van der Waals surface area contributed by atoms with Crippen LogP contribution >= 0.6 is 0 Å². The van der Waals surface area contributed by atoms with E-state index in [9.17, 15) is 14.4 Å². The molecule has 0 atom stereocenters. The fraction of sp³-hybridized carbons (Fsp3) is 0.375. The summed E-state index contributed by atoms with van der Waals surface area (Å²) in [6, 6.07) is 12.0. The van der Waals surface area contributed by atoms with Crippen LogP contribution in [-0.4, -0.2) is 60.4 Å². The molecule has 2 aromatic rings. The molecule has 2 aromatic carbocycles. The number of hydrogen-bond acceptors (Lipinski definition) is 5. The predicted molar refractivity (Wildman–Crippen MR) is 114 cm³/mol. The zero-order valence-corrected chi connectivity index (χ0v) is 17.8. The van der Waals surface area contributed by atoms with Crippen molar-refractivity contribution in [3.05, 3.63) is 64.7 Å². The van der Waals surface area contributed by atoms with E-state index in [1.165, 1.54) is 12.0 Å². The topological polar surface area (TPSA) is 76.2 Å². The lowest BCUT2D eigenvalue weighted by molar-refractivity contribution is 0.0145. The normalized spacial score (nSPS) is 16.6. The molecule has 0 saturated carbocycles. The zero-order chi connectivity index (χ0) is 22.0. The molecule has 7 heteroatoms. The quantitative estimate of drug-likeness (QED) is 0.669. The Kier molecular flexibility index (Phi) is 6.04. The SMILES string of the molecule is CCOC1CCN(C(=O)c2cc(CN3C(=O)c4ccccc4C3=O)ccc2OC)CC1. The molecule has 0 spiro atoms. The molecule has 2 aliphatic heterocycles. The number of imide groups is 1. The minimum atomic E-state index is -0.317. The van der Waals surface area contributed by atoms with Crippen LogP contribution in [0.25, 0.3) is 0 Å². The van der Waals surface area contributed by atoms with Crippen LogP contribution in [0.1, 0.15) is 56.4 Å². The fourth-order valence-electron chi connectivity index (χ4n) is 4.22. The molecule has 1 saturated heterocycles. The zero-order valence-electron chi connectivity index (χ0n) is 17.8. The lowest BCUT2D eigenvalue weighted by atomic mass is 10.0. The van der Waals surface area contributed by atoms with Crippen LogP contribution in [-0.2, 0) is 11.3 Å². The van der Waals surface area contributed by atoms with E-state index < -0.39 is 0 Å². The van der Waals surface area contributed by atoms with Crippen molar-refractivity contribution in [1.82, 2.24) is 9.80 Å². The Morgan fingerprint density at radius 2 is 1.68 bits per heavy atom. The van der Waals surface area contributed by atoms with Gasteiger partial charge >= 0.3 is 0 Å². The Morgan fingerprint density at radius 3 is 2.26 bits per heavy atom. The van der Waals surface area contributed by atoms with Gasteiger partial charge in [-0.05, 0) is 49.6 Å². The molecule has 1 fully saturated rings. The summed E-state index contributed by atoms with van der Waals surface area (Å²) < 4.78 is 11.1. The van der Waals surface area contributed by atoms with Gasteiger partial charge in [0.25, 0.3) is 17.7 Å². The molecule has 0 bridgehead atoms. The lowest BCUT2D eigenvalue weighted by Gasteiger charge is -2.32. The number of carbonyl (C=O) groups excluding carboxylic acids is 3. The molecule has 4 rings (SSSR count). The molecule has 31 heavy (non-hydrogen) atoms. The van der Waals surface area contributed by atoms with Gasteiger partial charge in [0.15, 0.2) is 0 Å². The van der Waals surface area contributed by atoms with Crippen molar-refractivity contribution in [2.75, 3.05) is 26.8 Å². The molecule has 162 valence electrons. The number of rotatable bonds is 6. The van der Waals surface area contributed by atoms with Crippen molar-refractivity contribution in [2.24, 2.45) is 0 Å². The Hall–Kier alpha value is -3.19. The summed E-state index contributed by atoms with van der Waals surface area (Å²) in [4.78, 5) is 41.6. The third-order valence-corrected chi connectivity index (χ3v) is 5.84. The molecular formula is C24H26N2O5. The van der Waals surface area contributed by atoms with Crippen LogP contribution < -0.4 is 4.74 Å². The highest BCUT2D eigenvalue weighted by Gasteiger charge is 2.35. The first-order valence-corrected chi connectivity index (χ1v) is 10.6. The summed E-state index contributed by atoms with van der Waals surface area (Å²) >= 11 is 0. The Morgan fingerprint density at radius 1 is 1.03 bits per heavy atom. The molecule has 2 aliphatic rings. The van der Waals surface area contributed by atoms with Gasteiger partial charge in [0.1, 0.15) is 5.75 Å². The van der Waals surface area contributed by atoms with Crippen molar-refractivity contribution >= 4 is 17.7 Å². The number of ether oxygens (including phenoxy) is 2. The monoisotopic (exact) mass is 422 g/mol. The van der Waals surface area contributed by atoms with Gasteiger partial charge < -0.3 is 14.4 Å². The number of likely N-dealkylation sites (tertiary alicyclic amines) is 1. The lowest BCUT2D eigenvalue weighted by Crippen LogP contribution is -2.41. The average Bonchev–Trinajstić information content (AvgIpc) is 3.04. The number of carbonyl (C=O) groups is 3. The van der Waals surface area contributed by atoms with Crippen LogP contribution in [0.4, 0.5) is 0 Å². The van der Waals surface area contributed by atoms with Crippen molar-refractivity contribution < 1.29 is 23.9 Å². The number of methoxy groups -OCH3 is 1. The van der Waals surface area contributed by atoms with Crippen molar-refractivity contribution in [3.8, 4) is 5.75 Å². The Labute approximate surface area is 181 Å². The van der Waals surface area contributed by atoms with Gasteiger partial charge in [-0.15, -0.1) is 0 Å². The molecule has 0 radical (unpaired) electrons. The maximum Gasteiger partial charge on any atom is 0.261 e. The summed E-state index contributed by atoms with van der Waals surface area (Å²) in [7, 11) is 1.53. The number of fused-ring (bicyclic) bond motifs is 1. The van der Waals surface area contributed by atoms with Crippen LogP contribution in [0.3, 0.4) is 0 Å². The van der Waals surface area contributed by atoms with E-state index >= 15 is 0 Å². The van der Waals surface area contributed by atoms with E-state index in [2.05, 4.69) is 0 Å². The second-order valence-electron chi connectivity index (χ2n) is 7.72. The van der Waals surface area contributed by atoms with Crippen molar-refractivity contribution in [1.29, 1.82) is 0 Å². The van der Waals surface area contributed by atoms with E-state index in [0.29, 0.717) is 47.7 Å². The first kappa shape index (κ1) is 21.1. The highest BCUT2D eigenvalue weighted by atomic mass is 16.5. The number of piperidine rings is 1. The standard InChI is InChI=1S/C24H26N2O5/c1-3-31-17-10-12-25(13-11-17)22(27)20-14-16(8-9-21(20)30-2)15-26-23(28)18-6-4-5-7-19(18)24(26)29/h4-9,14,17H,3,10-13,15H2,1-2H3. The average molecular weight is 422 g/mol. The predicted octanol–water partition coefficient (Wildman–Crippen LogP) is 3.13. The van der Waals surface area contributed by atoms with Gasteiger partial charge in [0, 0.05) is 19.7 Å². The third-order valence-electron chi connectivity index (χ3n) is 5.84. The Balaban J connectivity index is 1.53. The smallest absolute Gasteiger partial charge is 0.261 e. The first-order valence-electron chi connectivity index (χ1n) is 10.6. The molecule has 7 nitrogen and oxygen atoms in total. The fourth-order valence-corrected chi connectivity index (χ4v) is 4.22. The second-order valence-corrected chi connectivity index (χ2v) is 7.72. The third kappa shape index (κ3) is 4.05. The number of nitrogens with zero attached hydrogens (tertiary/aromatic N) is 2. The molecule has 0 N–H and O–H groups in total. The molecule has 0 unspecified atom stereocenters. The summed E-state index contributed by atoms with van der Waals surface area (Å²) in [6.07, 6.45) is 1.80. The van der Waals surface area contributed by atoms with E-state index in [-0.39, 0.29) is 30.4 Å². The Bertz CT molecular complexity index is 976. The number of benzene rings is 2. The highest BCUT2D eigenvalue weighted by molar-refractivity contribution is 6.21. The summed E-state index contributed by atoms with van der Waals surface area (Å²) in [5.74, 6) is -0.274. The van der Waals surface area contributed by atoms with E-state index in [1.54, 1.807) is 47.4 Å². The molecule has 0 aromatic heterocycles. The minimum absolute atomic E-state index is 0.100. The van der Waals surface area contributed by atoms with Gasteiger partial charge in [0.05, 0.1) is 36.4 Å². The summed E-state index contributed by atoms with van der Waals surface area (Å²) in [5, 5.41) is 0. The summed E-state index contributed by atoms with van der Waals surface area (Å²) in [5.41, 5.74) is 1.96. The minimum Gasteiger partial charge on any atom is -0.496 e. The van der Waals surface area contributed by atoms with E-state index in [0.717, 1.165) is 12.8 Å². The van der Waals surface area contributed by atoms with Gasteiger partial charge in [-0.25, -0.2) is 0 Å². The van der Waals surface area contributed by atoms with Gasteiger partial charge in [-0.1, -0.05) is 18.2 Å². The van der Waals surface area contributed by atoms with E-state index in [4.69, 9.17) is 9.47 Å². The van der Waals surface area contributed by atoms with Crippen molar-refractivity contribution in [2.45, 2.75) is 32.4 Å². The highest BCUT2D eigenvalue weighted by Crippen LogP contribution is 2.28. The summed E-state index contributed by atoms with van der Waals surface area (Å²) in [6.45, 7) is 3.99. The maximum atomic E-state index is 13.2. The largest absolute Gasteiger partial charge is 0.496 e. The van der Waals surface area contributed by atoms with E-state index in [1.807, 2.05) is 6.92 Å². The number of hydrogen-bond donors (Lipinski definition) is 0. The molecule has 3 amide bonds. The van der Waals surface area contributed by atoms with Gasteiger partial charge in [-0.3, -0.25) is 19.3 Å². The van der Waals surface area contributed by atoms with Crippen LogP contribution in [0.15, 0.2) is 42.5 Å². The van der Waals surface area contributed by atoms with Gasteiger partial charge in [0.2, 0.25) is 0 Å². The first-order chi connectivity index (χ1) is 15.0. The molecular weight excluding hydrogens is 396 g/mol. The van der Waals surface area contributed by atoms with Gasteiger partial charge in [-0.2, -0.15) is 0 Å². The maximum absolute atomic E-state index is 13.2. The second kappa shape index (κ2) is 8.89. The molecule has 0 aliphatic carbocycles. The van der Waals surface area contributed by atoms with Crippen LogP contribution in [0, 0.1) is 0 Å². The molecule has 2 heterocycles. The van der Waals surface area contributed by atoms with Crippen molar-refractivity contribution in [3.63, 3.8) is 0 Å².